The van der Waals surface area contributed by atoms with E-state index in [1.165, 1.54) is 21.8 Å². The number of thiophene rings is 1. The predicted molar refractivity (Wildman–Crippen MR) is 116 cm³/mol. The Morgan fingerprint density at radius 2 is 2.03 bits per heavy atom. The number of carbonyl (C=O) groups is 1. The maximum absolute atomic E-state index is 12.3. The van der Waals surface area contributed by atoms with Gasteiger partial charge in [-0.15, -0.1) is 11.3 Å². The van der Waals surface area contributed by atoms with Crippen LogP contribution in [0, 0.1) is 0 Å². The predicted octanol–water partition coefficient (Wildman–Crippen LogP) is 3.51. The molecule has 5 nitrogen and oxygen atoms in total. The van der Waals surface area contributed by atoms with Crippen LogP contribution in [0.3, 0.4) is 0 Å². The van der Waals surface area contributed by atoms with Crippen LogP contribution in [0.1, 0.15) is 34.0 Å². The van der Waals surface area contributed by atoms with Crippen LogP contribution in [-0.4, -0.2) is 22.0 Å². The molecule has 0 saturated carbocycles. The van der Waals surface area contributed by atoms with E-state index in [1.807, 2.05) is 29.6 Å². The average Bonchev–Trinajstić information content (AvgIpc) is 3.41. The van der Waals surface area contributed by atoms with Crippen molar-refractivity contribution in [3.8, 4) is 0 Å². The molecule has 3 heterocycles. The summed E-state index contributed by atoms with van der Waals surface area (Å²) in [5.74, 6) is 1.04. The quantitative estimate of drug-likeness (QED) is 0.548. The summed E-state index contributed by atoms with van der Waals surface area (Å²) in [5.41, 5.74) is 4.23. The van der Waals surface area contributed by atoms with Crippen molar-refractivity contribution in [2.45, 2.75) is 26.1 Å². The molecule has 0 spiro atoms. The average molecular weight is 404 g/mol. The largest absolute Gasteiger partial charge is 0.321 e. The Hall–Kier alpha value is -2.96. The summed E-state index contributed by atoms with van der Waals surface area (Å²) in [7, 11) is 0. The van der Waals surface area contributed by atoms with Gasteiger partial charge in [0, 0.05) is 11.3 Å². The minimum Gasteiger partial charge on any atom is -0.321 e. The van der Waals surface area contributed by atoms with Crippen LogP contribution in [-0.2, 0) is 13.1 Å². The lowest BCUT2D eigenvalue weighted by molar-refractivity contribution is -0.947. The number of imidazole rings is 1. The zero-order chi connectivity index (χ0) is 19.8. The first-order valence-corrected chi connectivity index (χ1v) is 10.8. The Morgan fingerprint density at radius 1 is 1.17 bits per heavy atom. The van der Waals surface area contributed by atoms with Gasteiger partial charge in [0.2, 0.25) is 0 Å². The van der Waals surface area contributed by atoms with Crippen LogP contribution in [0.5, 0.6) is 0 Å². The molecule has 6 heteroatoms. The van der Waals surface area contributed by atoms with Crippen LogP contribution in [0.2, 0.25) is 0 Å². The molecule has 2 aromatic heterocycles. The number of carbonyl (C=O) groups excluding carboxylic acids is 1. The minimum atomic E-state index is -0.0735. The summed E-state index contributed by atoms with van der Waals surface area (Å²) >= 11 is 1.44. The van der Waals surface area contributed by atoms with Gasteiger partial charge in [0.1, 0.15) is 12.6 Å². The molecule has 0 bridgehead atoms. The lowest BCUT2D eigenvalue weighted by Crippen LogP contribution is -3.12. The molecule has 5 rings (SSSR count). The van der Waals surface area contributed by atoms with Crippen molar-refractivity contribution >= 4 is 34.0 Å². The zero-order valence-corrected chi connectivity index (χ0v) is 17.1. The van der Waals surface area contributed by atoms with Crippen LogP contribution in [0.4, 0.5) is 5.69 Å². The van der Waals surface area contributed by atoms with Gasteiger partial charge in [0.05, 0.1) is 29.0 Å². The fourth-order valence-corrected chi connectivity index (χ4v) is 4.76. The molecule has 1 amide bonds. The summed E-state index contributed by atoms with van der Waals surface area (Å²) in [6, 6.07) is 20.9. The minimum absolute atomic E-state index is 0.0735. The van der Waals surface area contributed by atoms with E-state index in [1.54, 1.807) is 0 Å². The van der Waals surface area contributed by atoms with Crippen molar-refractivity contribution in [1.29, 1.82) is 0 Å². The summed E-state index contributed by atoms with van der Waals surface area (Å²) in [6.45, 7) is 5.23. The van der Waals surface area contributed by atoms with E-state index < -0.39 is 0 Å². The van der Waals surface area contributed by atoms with Gasteiger partial charge in [0.15, 0.2) is 5.82 Å². The summed E-state index contributed by atoms with van der Waals surface area (Å²) in [4.78, 5) is 19.5. The second-order valence-corrected chi connectivity index (χ2v) is 8.48. The Labute approximate surface area is 173 Å². The number of hydrogen-bond acceptors (Lipinski definition) is 3. The molecule has 1 aliphatic rings. The van der Waals surface area contributed by atoms with E-state index in [-0.39, 0.29) is 5.91 Å². The van der Waals surface area contributed by atoms with Gasteiger partial charge < -0.3 is 14.8 Å². The molecular weight excluding hydrogens is 380 g/mol. The number of anilines is 1. The van der Waals surface area contributed by atoms with Crippen LogP contribution in [0.25, 0.3) is 11.0 Å². The fraction of sp³-hybridized carbons (Fsp3) is 0.217. The van der Waals surface area contributed by atoms with Crippen LogP contribution in [0.15, 0.2) is 66.0 Å². The highest BCUT2D eigenvalue weighted by Crippen LogP contribution is 2.23. The molecule has 2 N–H and O–H groups in total. The third kappa shape index (κ3) is 3.45. The van der Waals surface area contributed by atoms with Crippen molar-refractivity contribution in [3.05, 3.63) is 82.3 Å². The van der Waals surface area contributed by atoms with Crippen molar-refractivity contribution in [2.24, 2.45) is 0 Å². The Kier molecular flexibility index (Phi) is 4.66. The number of rotatable bonds is 4. The van der Waals surface area contributed by atoms with Gasteiger partial charge in [0.25, 0.3) is 5.91 Å². The molecule has 29 heavy (non-hydrogen) atoms. The second kappa shape index (κ2) is 7.46. The van der Waals surface area contributed by atoms with Gasteiger partial charge in [-0.05, 0) is 36.6 Å². The second-order valence-electron chi connectivity index (χ2n) is 7.53. The standard InChI is InChI=1S/C23H22N4OS/c1-16(17-6-3-2-4-7-17)26-11-12-27-20-10-9-18(14-19(20)25-22(27)15-26)24-23(28)21-8-5-13-29-21/h2-10,13-14,16H,11-12,15H2,1H3,(H,24,28)/p+1/t16-/m1/s1. The number of fused-ring (bicyclic) bond motifs is 3. The van der Waals surface area contributed by atoms with Gasteiger partial charge in [-0.2, -0.15) is 0 Å². The zero-order valence-electron chi connectivity index (χ0n) is 16.3. The van der Waals surface area contributed by atoms with Gasteiger partial charge in [-0.25, -0.2) is 4.98 Å². The van der Waals surface area contributed by atoms with Crippen molar-refractivity contribution in [1.82, 2.24) is 9.55 Å². The number of benzene rings is 2. The Balaban J connectivity index is 1.38. The maximum Gasteiger partial charge on any atom is 0.265 e. The third-order valence-electron chi connectivity index (χ3n) is 5.78. The van der Waals surface area contributed by atoms with Gasteiger partial charge in [-0.1, -0.05) is 36.4 Å². The smallest absolute Gasteiger partial charge is 0.265 e. The van der Waals surface area contributed by atoms with Crippen LogP contribution < -0.4 is 10.2 Å². The van der Waals surface area contributed by atoms with Gasteiger partial charge >= 0.3 is 0 Å². The molecule has 4 aromatic rings. The first-order chi connectivity index (χ1) is 14.2. The normalized spacial score (nSPS) is 17.1. The maximum atomic E-state index is 12.3. The molecule has 1 unspecified atom stereocenters. The number of hydrogen-bond donors (Lipinski definition) is 2. The summed E-state index contributed by atoms with van der Waals surface area (Å²) in [5, 5.41) is 4.89. The highest BCUT2D eigenvalue weighted by atomic mass is 32.1. The monoisotopic (exact) mass is 403 g/mol. The molecule has 146 valence electrons. The highest BCUT2D eigenvalue weighted by Gasteiger charge is 2.27. The molecule has 0 aliphatic carbocycles. The molecule has 0 saturated heterocycles. The van der Waals surface area contributed by atoms with Crippen molar-refractivity contribution in [3.63, 3.8) is 0 Å². The van der Waals surface area contributed by atoms with Crippen molar-refractivity contribution < 1.29 is 9.69 Å². The topological polar surface area (TPSA) is 51.4 Å². The molecule has 2 atom stereocenters. The van der Waals surface area contributed by atoms with E-state index >= 15 is 0 Å². The first kappa shape index (κ1) is 18.1. The highest BCUT2D eigenvalue weighted by molar-refractivity contribution is 7.12. The van der Waals surface area contributed by atoms with Crippen molar-refractivity contribution in [2.75, 3.05) is 11.9 Å². The first-order valence-electron chi connectivity index (χ1n) is 9.92. The molecular formula is C23H23N4OS+. The van der Waals surface area contributed by atoms with E-state index in [0.29, 0.717) is 10.9 Å². The van der Waals surface area contributed by atoms with Crippen LogP contribution >= 0.6 is 11.3 Å². The van der Waals surface area contributed by atoms with E-state index in [4.69, 9.17) is 4.98 Å². The molecule has 1 aliphatic heterocycles. The van der Waals surface area contributed by atoms with E-state index in [0.717, 1.165) is 42.2 Å². The molecule has 0 radical (unpaired) electrons. The number of amides is 1. The number of quaternary nitrogens is 1. The SMILES string of the molecule is C[C@H](c1ccccc1)[NH+]1CCn2c(nc3cc(NC(=O)c4cccs4)ccc32)C1. The van der Waals surface area contributed by atoms with Gasteiger partial charge in [-0.3, -0.25) is 4.79 Å². The summed E-state index contributed by atoms with van der Waals surface area (Å²) < 4.78 is 2.32. The van der Waals surface area contributed by atoms with E-state index in [2.05, 4.69) is 53.2 Å². The lowest BCUT2D eigenvalue weighted by atomic mass is 10.1. The molecule has 2 aromatic carbocycles. The Bertz CT molecular complexity index is 1150. The number of aromatic nitrogens is 2. The van der Waals surface area contributed by atoms with E-state index in [9.17, 15) is 4.79 Å². The molecule has 0 fully saturated rings. The third-order valence-corrected chi connectivity index (χ3v) is 6.65. The number of nitrogens with zero attached hydrogens (tertiary/aromatic N) is 2. The fourth-order valence-electron chi connectivity index (χ4n) is 4.14. The number of nitrogens with one attached hydrogen (secondary N) is 2. The summed E-state index contributed by atoms with van der Waals surface area (Å²) in [6.07, 6.45) is 0. The Morgan fingerprint density at radius 3 is 2.83 bits per heavy atom. The lowest BCUT2D eigenvalue weighted by Gasteiger charge is -2.30.